The van der Waals surface area contributed by atoms with E-state index in [9.17, 15) is 13.2 Å². The average Bonchev–Trinajstić information content (AvgIpc) is 1.53. The summed E-state index contributed by atoms with van der Waals surface area (Å²) >= 11 is 3.29. The van der Waals surface area contributed by atoms with Gasteiger partial charge in [-0.15, -0.1) is 21.5 Å². The van der Waals surface area contributed by atoms with Crippen LogP contribution in [0.4, 0.5) is 23.4 Å². The lowest BCUT2D eigenvalue weighted by Crippen LogP contribution is -2.20. The zero-order chi connectivity index (χ0) is 83.8. The Kier molecular flexibility index (Phi) is 57.7. The van der Waals surface area contributed by atoms with Crippen molar-refractivity contribution in [1.82, 2.24) is 95.5 Å². The third kappa shape index (κ3) is 47.7. The first-order valence-electron chi connectivity index (χ1n) is 33.6. The third-order valence-corrected chi connectivity index (χ3v) is 14.4. The summed E-state index contributed by atoms with van der Waals surface area (Å²) in [7, 11) is 6.68. The first-order valence-corrected chi connectivity index (χ1v) is 37.2. The molecular weight excluding hydrogens is 1460 g/mol. The summed E-state index contributed by atoms with van der Waals surface area (Å²) in [6.45, 7) is 34.6. The number of sulfonamides is 1. The van der Waals surface area contributed by atoms with E-state index in [1.807, 2.05) is 153 Å². The molecule has 1 aliphatic rings. The second-order valence-electron chi connectivity index (χ2n) is 19.8. The highest BCUT2D eigenvalue weighted by molar-refractivity contribution is 7.98. The number of H-pyrrole nitrogens is 2. The van der Waals surface area contributed by atoms with Crippen LogP contribution in [0.5, 0.6) is 0 Å². The van der Waals surface area contributed by atoms with Gasteiger partial charge in [0.25, 0.3) is 10.0 Å². The molecule has 0 saturated heterocycles. The predicted molar refractivity (Wildman–Crippen MR) is 453 cm³/mol. The summed E-state index contributed by atoms with van der Waals surface area (Å²) in [6.07, 6.45) is 19.7. The van der Waals surface area contributed by atoms with Crippen molar-refractivity contribution in [2.45, 2.75) is 115 Å². The number of nitrogens with one attached hydrogen (secondary N) is 5. The fourth-order valence-corrected chi connectivity index (χ4v) is 8.63. The molecule has 17 N–H and O–H groups in total. The van der Waals surface area contributed by atoms with Gasteiger partial charge in [-0.1, -0.05) is 100 Å². The first-order chi connectivity index (χ1) is 52.6. The normalized spacial score (nSPS) is 11.0. The minimum Gasteiger partial charge on any atom is -0.461 e. The van der Waals surface area contributed by atoms with Gasteiger partial charge in [-0.05, 0) is 128 Å². The van der Waals surface area contributed by atoms with Gasteiger partial charge in [0.2, 0.25) is 11.9 Å². The number of para-hydroxylation sites is 3. The number of aryl methyl sites for hydroxylation is 6. The maximum Gasteiger partial charge on any atom is 0.256 e. The number of amides is 1. The number of tetrazole rings is 1. The summed E-state index contributed by atoms with van der Waals surface area (Å²) in [5, 5.41) is 23.2. The molecule has 35 nitrogen and oxygen atoms in total. The van der Waals surface area contributed by atoms with Crippen LogP contribution in [0.1, 0.15) is 104 Å². The number of carbonyl (C=O) groups excluding carboxylic acids is 1. The van der Waals surface area contributed by atoms with Crippen LogP contribution >= 0.6 is 23.1 Å². The molecule has 0 radical (unpaired) electrons. The monoisotopic (exact) mass is 1570 g/mol. The second kappa shape index (κ2) is 62.6. The van der Waals surface area contributed by atoms with Crippen LogP contribution in [-0.4, -0.2) is 159 Å². The number of pyridine rings is 2. The van der Waals surface area contributed by atoms with E-state index < -0.39 is 10.0 Å². The Morgan fingerprint density at radius 3 is 1.71 bits per heavy atom. The lowest BCUT2D eigenvalue weighted by atomic mass is 10.2. The molecule has 12 aromatic rings. The number of imidazole rings is 2. The van der Waals surface area contributed by atoms with Gasteiger partial charge in [-0.25, -0.2) is 58.3 Å². The molecule has 0 fully saturated rings. The van der Waals surface area contributed by atoms with Crippen LogP contribution < -0.4 is 49.9 Å². The number of rotatable bonds is 3. The summed E-state index contributed by atoms with van der Waals surface area (Å²) in [5.41, 5.74) is 39.4. The first kappa shape index (κ1) is 102. The van der Waals surface area contributed by atoms with Crippen LogP contribution in [0.15, 0.2) is 182 Å². The van der Waals surface area contributed by atoms with Crippen LogP contribution in [0.25, 0.3) is 47.9 Å². The SMILES string of the molecule is CC.CC.CC.CCc1ccnc(N)n1.CN=C(C)N.CN=C1C=CS(=O)(=O)N1.CNC(C)=O.CON=C(C)N.CSc1ncccn1.Cc1cc2c(N)nccc2o1.Cc1cc2c(N)nccc2s1.Cc1nccn1C.Cc1nn[nH]n1.Nc1ncnc2ccccc12.[C-]#[N+]NC(C)=NC.c1ccc2[nH]cnc2c1. The van der Waals surface area contributed by atoms with Crippen molar-refractivity contribution in [3.63, 3.8) is 0 Å². The Bertz CT molecular complexity index is 4570. The number of carbonyl (C=O) groups is 1. The zero-order valence-electron chi connectivity index (χ0n) is 66.9. The molecule has 0 saturated carbocycles. The number of hydrogen-bond donors (Lipinski definition) is 11. The van der Waals surface area contributed by atoms with Crippen LogP contribution in [0.2, 0.25) is 0 Å². The summed E-state index contributed by atoms with van der Waals surface area (Å²) in [6, 6.07) is 27.0. The molecule has 0 aliphatic carbocycles. The summed E-state index contributed by atoms with van der Waals surface area (Å²) in [5.74, 6) is 6.75. The van der Waals surface area contributed by atoms with Crippen molar-refractivity contribution < 1.29 is 22.5 Å². The second-order valence-corrected chi connectivity index (χ2v) is 23.5. The molecule has 0 spiro atoms. The highest BCUT2D eigenvalue weighted by Gasteiger charge is 2.13. The number of benzene rings is 2. The lowest BCUT2D eigenvalue weighted by molar-refractivity contribution is -0.118. The fraction of sp³-hybridized carbons (Fsp3) is 0.319. The number of hydrogen-bond acceptors (Lipinski definition) is 28. The number of amidine groups is 4. The largest absolute Gasteiger partial charge is 0.461 e. The highest BCUT2D eigenvalue weighted by Crippen LogP contribution is 2.27. The van der Waals surface area contributed by atoms with E-state index in [1.54, 1.807) is 128 Å². The maximum atomic E-state index is 10.5. The number of nitrogen functional groups attached to an aromatic ring is 4. The van der Waals surface area contributed by atoms with E-state index in [1.165, 1.54) is 43.1 Å². The topological polar surface area (TPSA) is 524 Å². The molecule has 2 aromatic carbocycles. The average molecular weight is 1570 g/mol. The van der Waals surface area contributed by atoms with E-state index in [-0.39, 0.29) is 5.91 Å². The number of thiophene rings is 1. The van der Waals surface area contributed by atoms with E-state index in [0.717, 1.165) is 72.6 Å². The molecule has 1 aliphatic heterocycles. The predicted octanol–water partition coefficient (Wildman–Crippen LogP) is 11.4. The number of furan rings is 1. The maximum absolute atomic E-state index is 10.5. The van der Waals surface area contributed by atoms with Gasteiger partial charge in [0, 0.05) is 112 Å². The van der Waals surface area contributed by atoms with Gasteiger partial charge in [-0.2, -0.15) is 16.7 Å². The number of anilines is 4. The molecule has 0 bridgehead atoms. The molecular formula is C72H110N30O5S3. The molecule has 13 rings (SSSR count). The number of nitrogens with zero attached hydrogens (tertiary/aromatic N) is 19. The third-order valence-electron chi connectivity index (χ3n) is 11.8. The van der Waals surface area contributed by atoms with Crippen molar-refractivity contribution in [2.24, 2.45) is 38.6 Å². The number of aromatic amines is 2. The Labute approximate surface area is 653 Å². The van der Waals surface area contributed by atoms with Crippen LogP contribution in [0, 0.1) is 34.3 Å². The Morgan fingerprint density at radius 2 is 1.32 bits per heavy atom. The Balaban J connectivity index is -0.00000113. The van der Waals surface area contributed by atoms with Gasteiger partial charge in [0.15, 0.2) is 16.8 Å². The van der Waals surface area contributed by atoms with Gasteiger partial charge in [-0.3, -0.25) is 24.5 Å². The van der Waals surface area contributed by atoms with Crippen LogP contribution in [0.3, 0.4) is 0 Å². The van der Waals surface area contributed by atoms with Crippen molar-refractivity contribution >= 4 is 129 Å². The smallest absolute Gasteiger partial charge is 0.256 e. The molecule has 0 unspecified atom stereocenters. The van der Waals surface area contributed by atoms with Gasteiger partial charge in [0.1, 0.15) is 59.7 Å². The molecule has 596 valence electrons. The molecule has 10 aromatic heterocycles. The molecule has 0 atom stereocenters. The number of thioether (sulfide) groups is 1. The Morgan fingerprint density at radius 1 is 0.727 bits per heavy atom. The molecule has 110 heavy (non-hydrogen) atoms. The van der Waals surface area contributed by atoms with Crippen LogP contribution in [-0.2, 0) is 33.1 Å². The minimum absolute atomic E-state index is 0.00463. The summed E-state index contributed by atoms with van der Waals surface area (Å²) in [4.78, 5) is 71.5. The highest BCUT2D eigenvalue weighted by atomic mass is 32.2. The van der Waals surface area contributed by atoms with Crippen molar-refractivity contribution in [3.05, 3.63) is 192 Å². The quantitative estimate of drug-likeness (QED) is 0.0195. The van der Waals surface area contributed by atoms with E-state index in [2.05, 4.69) is 134 Å². The van der Waals surface area contributed by atoms with Crippen molar-refractivity contribution in [3.8, 4) is 0 Å². The Hall–Kier alpha value is -12.6. The standard InChI is InChI=1S/C8H7N3.C8H8N2O.C8H8N2S.C7H6N2.C6H9N3.C5H6N2S.C5H8N2.C4H7N3.C4H6N2O2S.C3H8N2O.C3H8N2.C3H7NO.C2H4N4.3C2H6/c9-8-6-3-1-2-4-7(6)10-5-11-8;2*1-5-4-6-7(11-5)2-3-10-8(6)9;1-2-4-7-6(3-1)8-5-9-7;1-2-5-3-4-8-6(7)9-5;1-8-5-6-3-2-4-7-5;1-5-6-3-4-7(5)2;1-4(5-2)7-6-3;1-5-4-2-3-9(7,8)6-4;1-3(4)5-6-2;1-3(4)5-2;1-3(5)4-2;1-2-3-5-6-4-2;3*1-2/h1-5H,(H2,9,10,11);2*2-4H,1H3,(H2,9,10);1-5H,(H,8,9);3-4H,2H2,1H3,(H2,7,8,9);2-4H,1H3;3-4H,1-2H3;1-2H3,(H,5,7);2-3H,1H3,(H,5,6);1-2H3,(H2,4,5);1-2H3,(H2,4,5);1-2H3,(H,4,5);1H3,(H,3,4,5,6);3*1-2H3. The number of nitrogens with two attached hydrogens (primary N) is 6. The van der Waals surface area contributed by atoms with Crippen molar-refractivity contribution in [1.29, 1.82) is 0 Å². The number of oxime groups is 1. The zero-order valence-corrected chi connectivity index (χ0v) is 69.3. The van der Waals surface area contributed by atoms with E-state index in [0.29, 0.717) is 52.6 Å². The number of aliphatic imine (C=N–C) groups is 3. The summed E-state index contributed by atoms with van der Waals surface area (Å²) < 4.78 is 31.8. The minimum atomic E-state index is -3.17. The fourth-order valence-electron chi connectivity index (χ4n) is 6.54. The van der Waals surface area contributed by atoms with E-state index >= 15 is 0 Å². The van der Waals surface area contributed by atoms with Gasteiger partial charge >= 0.3 is 0 Å². The lowest BCUT2D eigenvalue weighted by Gasteiger charge is -1.96. The number of aromatic nitrogens is 16. The van der Waals surface area contributed by atoms with Crippen molar-refractivity contribution in [2.75, 3.05) is 64.5 Å². The van der Waals surface area contributed by atoms with Gasteiger partial charge < -0.3 is 58.5 Å². The van der Waals surface area contributed by atoms with Gasteiger partial charge in [0.05, 0.1) is 39.5 Å². The molecule has 1 amide bonds. The molecule has 11 heterocycles. The number of fused-ring (bicyclic) bond motifs is 4. The van der Waals surface area contributed by atoms with E-state index in [4.69, 9.17) is 45.4 Å². The molecule has 38 heteroatoms.